The average molecular weight is 464 g/mol. The minimum Gasteiger partial charge on any atom is -0.493 e. The summed E-state index contributed by atoms with van der Waals surface area (Å²) >= 11 is 6.18. The third kappa shape index (κ3) is 4.72. The fourth-order valence-electron chi connectivity index (χ4n) is 4.35. The number of nitrogens with zero attached hydrogens (tertiary/aromatic N) is 1. The predicted octanol–water partition coefficient (Wildman–Crippen LogP) is 6.94. The predicted molar refractivity (Wildman–Crippen MR) is 134 cm³/mol. The molecule has 3 aromatic rings. The van der Waals surface area contributed by atoms with Crippen LogP contribution in [-0.4, -0.2) is 19.1 Å². The molecule has 172 valence electrons. The van der Waals surface area contributed by atoms with Gasteiger partial charge in [0, 0.05) is 10.7 Å². The number of halogens is 1. The summed E-state index contributed by atoms with van der Waals surface area (Å²) in [6.07, 6.45) is 0.291. The lowest BCUT2D eigenvalue weighted by Crippen LogP contribution is -2.41. The number of carbonyl (C=O) groups excluding carboxylic acids is 1. The fourth-order valence-corrected chi connectivity index (χ4v) is 4.47. The third-order valence-corrected chi connectivity index (χ3v) is 6.23. The smallest absolute Gasteiger partial charge is 0.232 e. The van der Waals surface area contributed by atoms with E-state index < -0.39 is 0 Å². The van der Waals surface area contributed by atoms with Crippen molar-refractivity contribution in [3.63, 3.8) is 0 Å². The second-order valence-corrected chi connectivity index (χ2v) is 9.45. The summed E-state index contributed by atoms with van der Waals surface area (Å²) in [6.45, 7) is 8.30. The van der Waals surface area contributed by atoms with Crippen LogP contribution in [0.3, 0.4) is 0 Å². The van der Waals surface area contributed by atoms with Crippen LogP contribution < -0.4 is 14.4 Å². The van der Waals surface area contributed by atoms with Crippen molar-refractivity contribution in [2.24, 2.45) is 0 Å². The Labute approximate surface area is 201 Å². The lowest BCUT2D eigenvalue weighted by atomic mass is 9.86. The largest absolute Gasteiger partial charge is 0.493 e. The van der Waals surface area contributed by atoms with Crippen LogP contribution in [-0.2, 0) is 11.2 Å². The number of amides is 1. The Morgan fingerprint density at radius 3 is 2.18 bits per heavy atom. The molecule has 0 fully saturated rings. The standard InChI is InChI=1S/C28H30ClNO3/c1-17(2)19-8-12-23(13-9-19)30-27(31)15-21-14-25(32-5)26(33-18(3)4)16-24(21)28(30)20-6-10-22(29)11-7-20/h6-14,16-18,28H,15H2,1-5H3/t28-/m0/s1. The Kier molecular flexibility index (Phi) is 6.66. The second-order valence-electron chi connectivity index (χ2n) is 9.01. The molecule has 1 amide bonds. The molecule has 33 heavy (non-hydrogen) atoms. The molecule has 0 saturated carbocycles. The van der Waals surface area contributed by atoms with Gasteiger partial charge in [-0.2, -0.15) is 0 Å². The molecule has 3 aromatic carbocycles. The minimum absolute atomic E-state index is 0.00386. The van der Waals surface area contributed by atoms with Crippen LogP contribution in [0.25, 0.3) is 0 Å². The first-order valence-electron chi connectivity index (χ1n) is 11.3. The topological polar surface area (TPSA) is 38.8 Å². The Bertz CT molecular complexity index is 1140. The molecule has 0 aliphatic carbocycles. The van der Waals surface area contributed by atoms with Gasteiger partial charge in [-0.3, -0.25) is 4.79 Å². The van der Waals surface area contributed by atoms with Crippen molar-refractivity contribution in [3.8, 4) is 11.5 Å². The van der Waals surface area contributed by atoms with Gasteiger partial charge >= 0.3 is 0 Å². The monoisotopic (exact) mass is 463 g/mol. The number of hydrogen-bond donors (Lipinski definition) is 0. The number of hydrogen-bond acceptors (Lipinski definition) is 3. The summed E-state index contributed by atoms with van der Waals surface area (Å²) in [4.78, 5) is 15.4. The Morgan fingerprint density at radius 2 is 1.61 bits per heavy atom. The molecule has 0 N–H and O–H groups in total. The van der Waals surface area contributed by atoms with Crippen LogP contribution in [0.15, 0.2) is 60.7 Å². The van der Waals surface area contributed by atoms with E-state index in [0.717, 1.165) is 22.4 Å². The zero-order chi connectivity index (χ0) is 23.7. The minimum atomic E-state index is -0.302. The van der Waals surface area contributed by atoms with Gasteiger partial charge in [0.2, 0.25) is 5.91 Å². The van der Waals surface area contributed by atoms with Crippen molar-refractivity contribution in [2.75, 3.05) is 12.0 Å². The fraction of sp³-hybridized carbons (Fsp3) is 0.321. The van der Waals surface area contributed by atoms with Crippen LogP contribution in [0, 0.1) is 0 Å². The maximum absolute atomic E-state index is 13.5. The van der Waals surface area contributed by atoms with Gasteiger partial charge in [-0.25, -0.2) is 0 Å². The van der Waals surface area contributed by atoms with Gasteiger partial charge in [0.1, 0.15) is 0 Å². The molecule has 5 heteroatoms. The van der Waals surface area contributed by atoms with Gasteiger partial charge in [0.15, 0.2) is 11.5 Å². The van der Waals surface area contributed by atoms with Crippen molar-refractivity contribution >= 4 is 23.2 Å². The zero-order valence-corrected chi connectivity index (χ0v) is 20.5. The van der Waals surface area contributed by atoms with Crippen molar-refractivity contribution in [1.29, 1.82) is 0 Å². The summed E-state index contributed by atoms with van der Waals surface area (Å²) in [5.74, 6) is 1.78. The highest BCUT2D eigenvalue weighted by Crippen LogP contribution is 2.43. The number of fused-ring (bicyclic) bond motifs is 1. The van der Waals surface area contributed by atoms with Crippen molar-refractivity contribution in [3.05, 3.63) is 87.9 Å². The Hall–Kier alpha value is -2.98. The number of carbonyl (C=O) groups is 1. The summed E-state index contributed by atoms with van der Waals surface area (Å²) < 4.78 is 11.6. The summed E-state index contributed by atoms with van der Waals surface area (Å²) in [5.41, 5.74) is 5.08. The molecule has 4 rings (SSSR count). The van der Waals surface area contributed by atoms with E-state index in [-0.39, 0.29) is 18.1 Å². The number of methoxy groups -OCH3 is 1. The molecule has 0 bridgehead atoms. The summed E-state index contributed by atoms with van der Waals surface area (Å²) in [6, 6.07) is 19.6. The van der Waals surface area contributed by atoms with Gasteiger partial charge < -0.3 is 14.4 Å². The molecular formula is C28H30ClNO3. The normalized spacial score (nSPS) is 15.7. The van der Waals surface area contributed by atoms with Crippen LogP contribution in [0.4, 0.5) is 5.69 Å². The van der Waals surface area contributed by atoms with Gasteiger partial charge in [-0.1, -0.05) is 49.7 Å². The molecule has 0 spiro atoms. The molecule has 1 heterocycles. The number of benzene rings is 3. The molecule has 1 aliphatic heterocycles. The molecule has 0 unspecified atom stereocenters. The third-order valence-electron chi connectivity index (χ3n) is 5.97. The van der Waals surface area contributed by atoms with Gasteiger partial charge in [-0.15, -0.1) is 0 Å². The van der Waals surface area contributed by atoms with E-state index in [1.807, 2.05) is 67.3 Å². The van der Waals surface area contributed by atoms with E-state index in [1.54, 1.807) is 7.11 Å². The highest BCUT2D eigenvalue weighted by molar-refractivity contribution is 6.30. The molecular weight excluding hydrogens is 434 g/mol. The lowest BCUT2D eigenvalue weighted by Gasteiger charge is -2.38. The maximum atomic E-state index is 13.5. The van der Waals surface area contributed by atoms with E-state index >= 15 is 0 Å². The first kappa shape index (κ1) is 23.2. The van der Waals surface area contributed by atoms with E-state index in [4.69, 9.17) is 21.1 Å². The maximum Gasteiger partial charge on any atom is 0.232 e. The molecule has 4 nitrogen and oxygen atoms in total. The Balaban J connectivity index is 1.89. The molecule has 0 aromatic heterocycles. The summed E-state index contributed by atoms with van der Waals surface area (Å²) in [7, 11) is 1.62. The van der Waals surface area contributed by atoms with Gasteiger partial charge in [0.05, 0.1) is 25.7 Å². The summed E-state index contributed by atoms with van der Waals surface area (Å²) in [5, 5.41) is 0.660. The van der Waals surface area contributed by atoms with E-state index in [2.05, 4.69) is 26.0 Å². The average Bonchev–Trinajstić information content (AvgIpc) is 2.78. The molecule has 1 atom stereocenters. The molecule has 0 saturated heterocycles. The first-order chi connectivity index (χ1) is 15.8. The van der Waals surface area contributed by atoms with E-state index in [1.165, 1.54) is 5.56 Å². The van der Waals surface area contributed by atoms with E-state index in [9.17, 15) is 4.79 Å². The van der Waals surface area contributed by atoms with Crippen molar-refractivity contribution in [2.45, 2.75) is 52.2 Å². The van der Waals surface area contributed by atoms with Crippen molar-refractivity contribution < 1.29 is 14.3 Å². The van der Waals surface area contributed by atoms with Gasteiger partial charge in [0.25, 0.3) is 0 Å². The van der Waals surface area contributed by atoms with Crippen molar-refractivity contribution in [1.82, 2.24) is 0 Å². The Morgan fingerprint density at radius 1 is 0.939 bits per heavy atom. The van der Waals surface area contributed by atoms with E-state index in [0.29, 0.717) is 28.9 Å². The molecule has 0 radical (unpaired) electrons. The van der Waals surface area contributed by atoms with Gasteiger partial charge in [-0.05, 0) is 78.4 Å². The van der Waals surface area contributed by atoms with Crippen LogP contribution in [0.5, 0.6) is 11.5 Å². The quantitative estimate of drug-likeness (QED) is 0.397. The van der Waals surface area contributed by atoms with Crippen LogP contribution in [0.1, 0.15) is 61.9 Å². The number of anilines is 1. The number of ether oxygens (including phenoxy) is 2. The van der Waals surface area contributed by atoms with Crippen LogP contribution in [0.2, 0.25) is 5.02 Å². The van der Waals surface area contributed by atoms with Crippen LogP contribution >= 0.6 is 11.6 Å². The molecule has 1 aliphatic rings. The highest BCUT2D eigenvalue weighted by atomic mass is 35.5. The second kappa shape index (κ2) is 9.48. The number of rotatable bonds is 6. The lowest BCUT2D eigenvalue weighted by molar-refractivity contribution is -0.118. The zero-order valence-electron chi connectivity index (χ0n) is 19.8. The SMILES string of the molecule is COc1cc2c(cc1OC(C)C)[C@H](c1ccc(Cl)cc1)N(c1ccc(C(C)C)cc1)C(=O)C2. The highest BCUT2D eigenvalue weighted by Gasteiger charge is 2.36. The first-order valence-corrected chi connectivity index (χ1v) is 11.7.